The Bertz CT molecular complexity index is 48.3. The van der Waals surface area contributed by atoms with Gasteiger partial charge in [0.25, 0.3) is 0 Å². The first-order valence-corrected chi connectivity index (χ1v) is 4.75. The first-order valence-electron chi connectivity index (χ1n) is 1.95. The Hall–Kier alpha value is 0.650. The molecule has 0 aliphatic heterocycles. The maximum Gasteiger partial charge on any atom is 0.211 e. The van der Waals surface area contributed by atoms with E-state index in [1.165, 1.54) is 0 Å². The van der Waals surface area contributed by atoms with Crippen LogP contribution in [0.1, 0.15) is 6.92 Å². The van der Waals surface area contributed by atoms with E-state index in [4.69, 9.17) is 14.4 Å². The molecule has 0 unspecified atom stereocenters. The van der Waals surface area contributed by atoms with Crippen LogP contribution in [0.4, 0.5) is 0 Å². The van der Waals surface area contributed by atoms with Gasteiger partial charge >= 0.3 is 0 Å². The number of aliphatic hydroxyl groups is 2. The first kappa shape index (κ1) is 16.3. The van der Waals surface area contributed by atoms with Gasteiger partial charge in [0, 0.05) is 35.1 Å². The van der Waals surface area contributed by atoms with E-state index in [2.05, 4.69) is 21.4 Å². The molecule has 2 N–H and O–H groups in total. The summed E-state index contributed by atoms with van der Waals surface area (Å²) in [5.41, 5.74) is 0. The largest absolute Gasteiger partial charge is 0.400 e. The molecule has 0 aromatic heterocycles. The molecule has 0 aliphatic carbocycles. The first-order chi connectivity index (χ1) is 4.15. The summed E-state index contributed by atoms with van der Waals surface area (Å²) in [5.74, 6) is 0. The summed E-state index contributed by atoms with van der Waals surface area (Å²) >= 11 is 0. The molecule has 0 aromatic rings. The summed E-state index contributed by atoms with van der Waals surface area (Å²) in [6.07, 6.45) is 0. The maximum absolute atomic E-state index is 9.09. The number of hydrogen-bond acceptors (Lipinski definition) is 3. The van der Waals surface area contributed by atoms with Crippen molar-refractivity contribution in [2.45, 2.75) is 6.92 Å². The van der Waals surface area contributed by atoms with E-state index in [1.807, 2.05) is 0 Å². The van der Waals surface area contributed by atoms with Gasteiger partial charge in [-0.3, -0.25) is 0 Å². The molecule has 0 atom stereocenters. The van der Waals surface area contributed by atoms with Crippen molar-refractivity contribution < 1.29 is 14.4 Å². The summed E-state index contributed by atoms with van der Waals surface area (Å²) < 4.78 is 9.09. The van der Waals surface area contributed by atoms with Gasteiger partial charge in [0.2, 0.25) is 9.23 Å². The normalized spacial score (nSPS) is 6.56. The fourth-order valence-electron chi connectivity index (χ4n) is 0. The molecule has 0 heterocycles. The molecule has 0 bridgehead atoms. The smallest absolute Gasteiger partial charge is 0.211 e. The van der Waals surface area contributed by atoms with Crippen molar-refractivity contribution in [3.05, 3.63) is 0 Å². The van der Waals surface area contributed by atoms with Crippen LogP contribution in [0.3, 0.4) is 0 Å². The van der Waals surface area contributed by atoms with Crippen molar-refractivity contribution >= 4 is 30.6 Å². The van der Waals surface area contributed by atoms with E-state index in [1.54, 1.807) is 6.92 Å². The zero-order valence-corrected chi connectivity index (χ0v) is 7.50. The lowest BCUT2D eigenvalue weighted by molar-refractivity contribution is 0.318. The molecule has 0 amide bonds. The highest BCUT2D eigenvalue weighted by Crippen LogP contribution is 1.89. The SMILES string of the molecule is CCO.CO.O=S(Cl)Cl. The van der Waals surface area contributed by atoms with Gasteiger partial charge in [-0.1, -0.05) is 0 Å². The average molecular weight is 197 g/mol. The Morgan fingerprint density at radius 1 is 1.44 bits per heavy atom. The molecule has 9 heavy (non-hydrogen) atoms. The molecule has 3 nitrogen and oxygen atoms in total. The van der Waals surface area contributed by atoms with Crippen molar-refractivity contribution in [2.75, 3.05) is 13.7 Å². The predicted octanol–water partition coefficient (Wildman–Crippen LogP) is 0.650. The Balaban J connectivity index is -0.0000000646. The van der Waals surface area contributed by atoms with Crippen LogP contribution in [0.2, 0.25) is 0 Å². The van der Waals surface area contributed by atoms with Crippen LogP contribution in [0, 0.1) is 0 Å². The Labute approximate surface area is 66.1 Å². The standard InChI is InChI=1S/C2H6O.CH4O.Cl2OS/c1-2-3;1-2;1-4(2)3/h3H,2H2,1H3;2H,1H3;. The number of aliphatic hydroxyl groups excluding tert-OH is 2. The molecule has 0 radical (unpaired) electrons. The third-order valence-electron chi connectivity index (χ3n) is 0. The second-order valence-corrected chi connectivity index (χ2v) is 3.02. The quantitative estimate of drug-likeness (QED) is 0.560. The van der Waals surface area contributed by atoms with Crippen molar-refractivity contribution in [3.63, 3.8) is 0 Å². The molecular weight excluding hydrogens is 187 g/mol. The lowest BCUT2D eigenvalue weighted by Crippen LogP contribution is -1.57. The van der Waals surface area contributed by atoms with E-state index >= 15 is 0 Å². The summed E-state index contributed by atoms with van der Waals surface area (Å²) in [4.78, 5) is 0. The van der Waals surface area contributed by atoms with Crippen LogP contribution in [-0.4, -0.2) is 28.1 Å². The van der Waals surface area contributed by atoms with E-state index in [0.717, 1.165) is 7.11 Å². The van der Waals surface area contributed by atoms with Gasteiger partial charge in [0.1, 0.15) is 0 Å². The van der Waals surface area contributed by atoms with Crippen LogP contribution >= 0.6 is 21.4 Å². The Morgan fingerprint density at radius 2 is 1.44 bits per heavy atom. The van der Waals surface area contributed by atoms with Gasteiger partial charge in [-0.25, -0.2) is 4.21 Å². The molecule has 60 valence electrons. The van der Waals surface area contributed by atoms with Gasteiger partial charge in [-0.15, -0.1) is 0 Å². The molecular formula is C3H10Cl2O3S. The lowest BCUT2D eigenvalue weighted by Gasteiger charge is -1.52. The maximum atomic E-state index is 9.09. The minimum absolute atomic E-state index is 0.250. The lowest BCUT2D eigenvalue weighted by atomic mass is 10.9. The van der Waals surface area contributed by atoms with Crippen molar-refractivity contribution in [3.8, 4) is 0 Å². The highest BCUT2D eigenvalue weighted by molar-refractivity contribution is 8.26. The summed E-state index contributed by atoms with van der Waals surface area (Å²) in [5, 5.41) is 14.6. The minimum Gasteiger partial charge on any atom is -0.400 e. The third kappa shape index (κ3) is 905. The molecule has 6 heteroatoms. The summed E-state index contributed by atoms with van der Waals surface area (Å²) in [7, 11) is 8.36. The topological polar surface area (TPSA) is 57.5 Å². The van der Waals surface area contributed by atoms with Crippen LogP contribution in [0.5, 0.6) is 0 Å². The Morgan fingerprint density at radius 3 is 1.44 bits per heavy atom. The van der Waals surface area contributed by atoms with Crippen LogP contribution in [0.25, 0.3) is 0 Å². The molecule has 0 saturated heterocycles. The molecule has 0 fully saturated rings. The van der Waals surface area contributed by atoms with E-state index in [9.17, 15) is 0 Å². The van der Waals surface area contributed by atoms with Crippen LogP contribution in [0.15, 0.2) is 0 Å². The minimum atomic E-state index is -1.67. The van der Waals surface area contributed by atoms with E-state index in [-0.39, 0.29) is 6.61 Å². The molecule has 0 saturated carbocycles. The monoisotopic (exact) mass is 196 g/mol. The van der Waals surface area contributed by atoms with E-state index in [0.29, 0.717) is 0 Å². The van der Waals surface area contributed by atoms with Gasteiger partial charge in [0.15, 0.2) is 0 Å². The van der Waals surface area contributed by atoms with Gasteiger partial charge in [-0.05, 0) is 6.92 Å². The highest BCUT2D eigenvalue weighted by Gasteiger charge is 1.67. The number of hydrogen-bond donors (Lipinski definition) is 2. The number of rotatable bonds is 0. The van der Waals surface area contributed by atoms with Crippen molar-refractivity contribution in [1.82, 2.24) is 0 Å². The Kier molecular flexibility index (Phi) is 42.5. The van der Waals surface area contributed by atoms with E-state index < -0.39 is 9.23 Å². The zero-order valence-electron chi connectivity index (χ0n) is 5.17. The van der Waals surface area contributed by atoms with Gasteiger partial charge < -0.3 is 10.2 Å². The summed E-state index contributed by atoms with van der Waals surface area (Å²) in [6.45, 7) is 1.93. The predicted molar refractivity (Wildman–Crippen MR) is 40.8 cm³/mol. The van der Waals surface area contributed by atoms with Crippen LogP contribution in [-0.2, 0) is 9.23 Å². The fraction of sp³-hybridized carbons (Fsp3) is 1.00. The second kappa shape index (κ2) is 23.4. The van der Waals surface area contributed by atoms with Gasteiger partial charge in [0.05, 0.1) is 0 Å². The molecule has 0 aromatic carbocycles. The molecule has 0 aliphatic rings. The third-order valence-corrected chi connectivity index (χ3v) is 0. The molecule has 0 spiro atoms. The van der Waals surface area contributed by atoms with Gasteiger partial charge in [-0.2, -0.15) is 0 Å². The fourth-order valence-corrected chi connectivity index (χ4v) is 0. The summed E-state index contributed by atoms with van der Waals surface area (Å²) in [6, 6.07) is 0. The average Bonchev–Trinajstić information content (AvgIpc) is 1.71. The highest BCUT2D eigenvalue weighted by atomic mass is 36.0. The second-order valence-electron chi connectivity index (χ2n) is 0.501. The van der Waals surface area contributed by atoms with Crippen molar-refractivity contribution in [2.24, 2.45) is 0 Å². The number of halogens is 2. The van der Waals surface area contributed by atoms with Crippen LogP contribution < -0.4 is 0 Å². The van der Waals surface area contributed by atoms with Crippen molar-refractivity contribution in [1.29, 1.82) is 0 Å². The zero-order chi connectivity index (χ0) is 8.28. The molecule has 0 rings (SSSR count).